The van der Waals surface area contributed by atoms with Crippen LogP contribution in [0.4, 0.5) is 5.69 Å². The zero-order chi connectivity index (χ0) is 17.2. The lowest BCUT2D eigenvalue weighted by Crippen LogP contribution is -2.21. The van der Waals surface area contributed by atoms with Gasteiger partial charge in [-0.25, -0.2) is 0 Å². The molecule has 0 aliphatic heterocycles. The molecule has 1 atom stereocenters. The van der Waals surface area contributed by atoms with Crippen molar-refractivity contribution in [1.29, 1.82) is 0 Å². The molecule has 1 aromatic rings. The van der Waals surface area contributed by atoms with E-state index in [-0.39, 0.29) is 5.92 Å². The van der Waals surface area contributed by atoms with E-state index in [1.807, 2.05) is 37.3 Å². The third-order valence-electron chi connectivity index (χ3n) is 3.68. The standard InChI is InChI=1S/C19H28N4/c1-5-15(10-16(6-2)14(3)4)13-22-18-9-7-8-17(11-18)19(12-20)23-21/h5,7-12,15,22-23H,1,3,6,13,20-21H2,2,4H3/b16-10+,19-12-. The van der Waals surface area contributed by atoms with Gasteiger partial charge in [0, 0.05) is 29.9 Å². The van der Waals surface area contributed by atoms with E-state index in [0.717, 1.165) is 29.8 Å². The van der Waals surface area contributed by atoms with Crippen molar-refractivity contribution in [3.8, 4) is 0 Å². The second kappa shape index (κ2) is 9.54. The van der Waals surface area contributed by atoms with Gasteiger partial charge in [-0.15, -0.1) is 6.58 Å². The van der Waals surface area contributed by atoms with Crippen LogP contribution in [0, 0.1) is 5.92 Å². The van der Waals surface area contributed by atoms with Gasteiger partial charge in [0.25, 0.3) is 0 Å². The van der Waals surface area contributed by atoms with Crippen molar-refractivity contribution in [2.45, 2.75) is 20.3 Å². The summed E-state index contributed by atoms with van der Waals surface area (Å²) in [4.78, 5) is 0. The van der Waals surface area contributed by atoms with Gasteiger partial charge in [0.15, 0.2) is 0 Å². The minimum absolute atomic E-state index is 0.238. The van der Waals surface area contributed by atoms with Gasteiger partial charge in [0.05, 0.1) is 5.70 Å². The Morgan fingerprint density at radius 1 is 1.39 bits per heavy atom. The predicted octanol–water partition coefficient (Wildman–Crippen LogP) is 3.53. The van der Waals surface area contributed by atoms with Crippen molar-refractivity contribution in [3.05, 3.63) is 72.5 Å². The van der Waals surface area contributed by atoms with Crippen LogP contribution in [0.15, 0.2) is 66.9 Å². The van der Waals surface area contributed by atoms with E-state index >= 15 is 0 Å². The Labute approximate surface area is 139 Å². The molecular formula is C19H28N4. The highest BCUT2D eigenvalue weighted by molar-refractivity contribution is 5.66. The molecule has 1 unspecified atom stereocenters. The molecule has 4 nitrogen and oxygen atoms in total. The van der Waals surface area contributed by atoms with Crippen LogP contribution in [0.25, 0.3) is 5.70 Å². The summed E-state index contributed by atoms with van der Waals surface area (Å²) in [5, 5.41) is 3.43. The van der Waals surface area contributed by atoms with E-state index in [1.54, 1.807) is 0 Å². The average molecular weight is 312 g/mol. The summed E-state index contributed by atoms with van der Waals surface area (Å²) >= 11 is 0. The van der Waals surface area contributed by atoms with E-state index in [1.165, 1.54) is 11.8 Å². The first kappa shape index (κ1) is 18.6. The maximum Gasteiger partial charge on any atom is 0.0714 e. The van der Waals surface area contributed by atoms with Crippen LogP contribution < -0.4 is 22.3 Å². The molecule has 0 bridgehead atoms. The first-order chi connectivity index (χ1) is 11.0. The summed E-state index contributed by atoms with van der Waals surface area (Å²) in [6, 6.07) is 7.92. The van der Waals surface area contributed by atoms with Crippen LogP contribution in [0.1, 0.15) is 25.8 Å². The number of rotatable bonds is 9. The van der Waals surface area contributed by atoms with Gasteiger partial charge in [0.1, 0.15) is 0 Å². The van der Waals surface area contributed by atoms with Gasteiger partial charge < -0.3 is 16.5 Å². The Morgan fingerprint density at radius 2 is 2.13 bits per heavy atom. The number of hydrogen-bond donors (Lipinski definition) is 4. The smallest absolute Gasteiger partial charge is 0.0714 e. The molecule has 0 aliphatic rings. The largest absolute Gasteiger partial charge is 0.403 e. The highest BCUT2D eigenvalue weighted by atomic mass is 15.2. The Hall–Kier alpha value is -2.46. The summed E-state index contributed by atoms with van der Waals surface area (Å²) in [6.07, 6.45) is 6.59. The molecule has 124 valence electrons. The summed E-state index contributed by atoms with van der Waals surface area (Å²) in [6.45, 7) is 12.9. The number of hydrogen-bond acceptors (Lipinski definition) is 4. The van der Waals surface area contributed by atoms with Crippen molar-refractivity contribution < 1.29 is 0 Å². The minimum Gasteiger partial charge on any atom is -0.403 e. The van der Waals surface area contributed by atoms with Gasteiger partial charge in [0.2, 0.25) is 0 Å². The van der Waals surface area contributed by atoms with Crippen LogP contribution in [-0.2, 0) is 0 Å². The van der Waals surface area contributed by atoms with Crippen molar-refractivity contribution in [2.75, 3.05) is 11.9 Å². The van der Waals surface area contributed by atoms with E-state index in [4.69, 9.17) is 11.6 Å². The molecule has 1 rings (SSSR count). The van der Waals surface area contributed by atoms with Crippen molar-refractivity contribution in [2.24, 2.45) is 17.5 Å². The summed E-state index contributed by atoms with van der Waals surface area (Å²) in [5.41, 5.74) is 13.1. The molecule has 1 aromatic carbocycles. The molecule has 0 radical (unpaired) electrons. The van der Waals surface area contributed by atoms with Crippen LogP contribution in [0.3, 0.4) is 0 Å². The van der Waals surface area contributed by atoms with Crippen LogP contribution in [-0.4, -0.2) is 6.54 Å². The highest BCUT2D eigenvalue weighted by Gasteiger charge is 2.05. The number of anilines is 1. The van der Waals surface area contributed by atoms with Gasteiger partial charge in [-0.2, -0.15) is 0 Å². The topological polar surface area (TPSA) is 76.1 Å². The van der Waals surface area contributed by atoms with Gasteiger partial charge in [-0.1, -0.05) is 43.4 Å². The fourth-order valence-corrected chi connectivity index (χ4v) is 2.29. The van der Waals surface area contributed by atoms with Crippen molar-refractivity contribution in [1.82, 2.24) is 5.43 Å². The highest BCUT2D eigenvalue weighted by Crippen LogP contribution is 2.18. The van der Waals surface area contributed by atoms with Gasteiger partial charge >= 0.3 is 0 Å². The lowest BCUT2D eigenvalue weighted by molar-refractivity contribution is 0.844. The number of benzene rings is 1. The zero-order valence-electron chi connectivity index (χ0n) is 14.1. The Balaban J connectivity index is 2.82. The third-order valence-corrected chi connectivity index (χ3v) is 3.68. The van der Waals surface area contributed by atoms with Crippen LogP contribution in [0.5, 0.6) is 0 Å². The fraction of sp³-hybridized carbons (Fsp3) is 0.263. The number of hydrazine groups is 1. The molecular weight excluding hydrogens is 284 g/mol. The minimum atomic E-state index is 0.238. The molecule has 0 heterocycles. The number of nitrogens with one attached hydrogen (secondary N) is 2. The Morgan fingerprint density at radius 3 is 2.65 bits per heavy atom. The maximum absolute atomic E-state index is 5.55. The normalized spacial score (nSPS) is 13.3. The molecule has 6 N–H and O–H groups in total. The zero-order valence-corrected chi connectivity index (χ0v) is 14.1. The van der Waals surface area contributed by atoms with Gasteiger partial charge in [-0.05, 0) is 31.1 Å². The van der Waals surface area contributed by atoms with Gasteiger partial charge in [-0.3, -0.25) is 5.84 Å². The second-order valence-corrected chi connectivity index (χ2v) is 5.41. The monoisotopic (exact) mass is 312 g/mol. The lowest BCUT2D eigenvalue weighted by atomic mass is 9.99. The molecule has 0 aliphatic carbocycles. The first-order valence-electron chi connectivity index (χ1n) is 7.77. The Bertz CT molecular complexity index is 599. The lowest BCUT2D eigenvalue weighted by Gasteiger charge is -2.15. The fourth-order valence-electron chi connectivity index (χ4n) is 2.29. The van der Waals surface area contributed by atoms with Crippen molar-refractivity contribution >= 4 is 11.4 Å². The molecule has 0 fully saturated rings. The first-order valence-corrected chi connectivity index (χ1v) is 7.77. The summed E-state index contributed by atoms with van der Waals surface area (Å²) < 4.78 is 0. The number of allylic oxidation sites excluding steroid dienone is 2. The molecule has 0 saturated carbocycles. The SMILES string of the molecule is C=CC(/C=C(\CC)C(=C)C)CNc1cccc(/C(=C/N)NN)c1. The number of nitrogens with two attached hydrogens (primary N) is 2. The Kier molecular flexibility index (Phi) is 7.71. The molecule has 0 saturated heterocycles. The molecule has 23 heavy (non-hydrogen) atoms. The average Bonchev–Trinajstić information content (AvgIpc) is 2.56. The van der Waals surface area contributed by atoms with E-state index in [0.29, 0.717) is 5.70 Å². The molecule has 0 amide bonds. The predicted molar refractivity (Wildman–Crippen MR) is 101 cm³/mol. The third kappa shape index (κ3) is 5.68. The maximum atomic E-state index is 5.55. The van der Waals surface area contributed by atoms with E-state index in [2.05, 4.69) is 36.9 Å². The van der Waals surface area contributed by atoms with Crippen LogP contribution in [0.2, 0.25) is 0 Å². The molecule has 4 heteroatoms. The summed E-state index contributed by atoms with van der Waals surface area (Å²) in [7, 11) is 0. The van der Waals surface area contributed by atoms with E-state index in [9.17, 15) is 0 Å². The second-order valence-electron chi connectivity index (χ2n) is 5.41. The van der Waals surface area contributed by atoms with E-state index < -0.39 is 0 Å². The quantitative estimate of drug-likeness (QED) is 0.243. The molecule has 0 aromatic heterocycles. The summed E-state index contributed by atoms with van der Waals surface area (Å²) in [5.74, 6) is 5.70. The molecule has 0 spiro atoms. The van der Waals surface area contributed by atoms with Crippen molar-refractivity contribution in [3.63, 3.8) is 0 Å². The van der Waals surface area contributed by atoms with Crippen LogP contribution >= 0.6 is 0 Å².